The van der Waals surface area contributed by atoms with E-state index in [1.807, 2.05) is 0 Å². The average Bonchev–Trinajstić information content (AvgIpc) is 2.61. The molecule has 0 fully saturated rings. The SMILES string of the molecule is CCCC1=CCc2cc(C#Cc3ccc(OC(F)(F)F)c(F)c3)c(F)cc2C1. The van der Waals surface area contributed by atoms with Crippen LogP contribution in [0.1, 0.15) is 42.0 Å². The van der Waals surface area contributed by atoms with Gasteiger partial charge in [0.2, 0.25) is 0 Å². The summed E-state index contributed by atoms with van der Waals surface area (Å²) in [7, 11) is 0. The summed E-state index contributed by atoms with van der Waals surface area (Å²) in [4.78, 5) is 0. The molecule has 0 spiro atoms. The zero-order valence-electron chi connectivity index (χ0n) is 15.1. The van der Waals surface area contributed by atoms with Crippen molar-refractivity contribution in [3.8, 4) is 17.6 Å². The molecule has 3 rings (SSSR count). The molecule has 0 aliphatic heterocycles. The van der Waals surface area contributed by atoms with Crippen molar-refractivity contribution in [1.82, 2.24) is 0 Å². The molecule has 1 aliphatic carbocycles. The summed E-state index contributed by atoms with van der Waals surface area (Å²) in [5.74, 6) is 2.62. The maximum absolute atomic E-state index is 14.4. The molecule has 1 aliphatic rings. The van der Waals surface area contributed by atoms with Crippen LogP contribution >= 0.6 is 0 Å². The lowest BCUT2D eigenvalue weighted by Crippen LogP contribution is -2.17. The molecule has 0 saturated carbocycles. The second-order valence-corrected chi connectivity index (χ2v) is 6.54. The molecule has 0 saturated heterocycles. The van der Waals surface area contributed by atoms with Gasteiger partial charge in [-0.3, -0.25) is 0 Å². The zero-order valence-corrected chi connectivity index (χ0v) is 15.1. The smallest absolute Gasteiger partial charge is 0.403 e. The molecule has 0 unspecified atom stereocenters. The van der Waals surface area contributed by atoms with Gasteiger partial charge < -0.3 is 4.74 Å². The lowest BCUT2D eigenvalue weighted by atomic mass is 9.88. The molecule has 0 amide bonds. The van der Waals surface area contributed by atoms with Gasteiger partial charge in [-0.05, 0) is 60.7 Å². The standard InChI is InChI=1S/C22H17F5O/c1-2-3-14-4-7-16-12-17(19(23)13-18(16)10-14)8-5-15-6-9-21(20(24)11-15)28-22(25,26)27/h4,6,9,11-13H,2-3,7,10H2,1H3. The fourth-order valence-corrected chi connectivity index (χ4v) is 3.12. The van der Waals surface area contributed by atoms with Crippen molar-refractivity contribution in [3.63, 3.8) is 0 Å². The van der Waals surface area contributed by atoms with E-state index in [0.29, 0.717) is 6.42 Å². The van der Waals surface area contributed by atoms with E-state index in [-0.39, 0.29) is 11.1 Å². The Hall–Kier alpha value is -2.81. The van der Waals surface area contributed by atoms with Crippen molar-refractivity contribution in [3.05, 3.63) is 75.9 Å². The van der Waals surface area contributed by atoms with E-state index in [1.165, 1.54) is 17.7 Å². The highest BCUT2D eigenvalue weighted by atomic mass is 19.4. The quantitative estimate of drug-likeness (QED) is 0.349. The van der Waals surface area contributed by atoms with Crippen LogP contribution in [-0.2, 0) is 12.8 Å². The predicted octanol–water partition coefficient (Wildman–Crippen LogP) is 6.09. The van der Waals surface area contributed by atoms with Gasteiger partial charge in [0, 0.05) is 5.56 Å². The average molecular weight is 392 g/mol. The number of fused-ring (bicyclic) bond motifs is 1. The summed E-state index contributed by atoms with van der Waals surface area (Å²) < 4.78 is 68.2. The largest absolute Gasteiger partial charge is 0.573 e. The van der Waals surface area contributed by atoms with Crippen LogP contribution < -0.4 is 4.74 Å². The molecule has 0 atom stereocenters. The van der Waals surface area contributed by atoms with Gasteiger partial charge in [-0.2, -0.15) is 0 Å². The number of rotatable bonds is 3. The van der Waals surface area contributed by atoms with Gasteiger partial charge in [0.15, 0.2) is 11.6 Å². The molecule has 28 heavy (non-hydrogen) atoms. The Kier molecular flexibility index (Phi) is 5.73. The molecule has 0 heterocycles. The Bertz CT molecular complexity index is 977. The van der Waals surface area contributed by atoms with Gasteiger partial charge in [0.1, 0.15) is 5.82 Å². The first-order valence-corrected chi connectivity index (χ1v) is 8.81. The van der Waals surface area contributed by atoms with Crippen molar-refractivity contribution in [2.75, 3.05) is 0 Å². The van der Waals surface area contributed by atoms with Crippen LogP contribution in [0.5, 0.6) is 5.75 Å². The summed E-state index contributed by atoms with van der Waals surface area (Å²) in [6, 6.07) is 6.00. The van der Waals surface area contributed by atoms with Gasteiger partial charge in [0.05, 0.1) is 5.56 Å². The highest BCUT2D eigenvalue weighted by Crippen LogP contribution is 2.27. The molecule has 2 aromatic carbocycles. The van der Waals surface area contributed by atoms with E-state index in [1.54, 1.807) is 6.07 Å². The highest BCUT2D eigenvalue weighted by Gasteiger charge is 2.32. The number of halogens is 5. The van der Waals surface area contributed by atoms with Crippen LogP contribution in [-0.4, -0.2) is 6.36 Å². The van der Waals surface area contributed by atoms with Crippen molar-refractivity contribution >= 4 is 0 Å². The first kappa shape index (κ1) is 19.9. The molecule has 6 heteroatoms. The third-order valence-corrected chi connectivity index (χ3v) is 4.39. The number of allylic oxidation sites excluding steroid dienone is 2. The van der Waals surface area contributed by atoms with Crippen LogP contribution in [0, 0.1) is 23.5 Å². The Morgan fingerprint density at radius 1 is 1.00 bits per heavy atom. The maximum Gasteiger partial charge on any atom is 0.573 e. The van der Waals surface area contributed by atoms with Gasteiger partial charge >= 0.3 is 6.36 Å². The fourth-order valence-electron chi connectivity index (χ4n) is 3.12. The zero-order chi connectivity index (χ0) is 20.3. The monoisotopic (exact) mass is 392 g/mol. The minimum atomic E-state index is -4.98. The number of ether oxygens (including phenoxy) is 1. The van der Waals surface area contributed by atoms with Gasteiger partial charge in [-0.25, -0.2) is 8.78 Å². The molecule has 2 aromatic rings. The molecule has 1 nitrogen and oxygen atoms in total. The third-order valence-electron chi connectivity index (χ3n) is 4.39. The third kappa shape index (κ3) is 4.92. The van der Waals surface area contributed by atoms with E-state index < -0.39 is 23.7 Å². The second kappa shape index (κ2) is 8.05. The minimum absolute atomic E-state index is 0.120. The lowest BCUT2D eigenvalue weighted by Gasteiger charge is -2.17. The lowest BCUT2D eigenvalue weighted by molar-refractivity contribution is -0.275. The normalized spacial score (nSPS) is 13.3. The molecule has 0 bridgehead atoms. The summed E-state index contributed by atoms with van der Waals surface area (Å²) in [5.41, 5.74) is 3.51. The maximum atomic E-state index is 14.4. The summed E-state index contributed by atoms with van der Waals surface area (Å²) in [6.07, 6.45) is 0.623. The fraction of sp³-hybridized carbons (Fsp3) is 0.273. The van der Waals surface area contributed by atoms with Crippen molar-refractivity contribution in [2.45, 2.75) is 39.0 Å². The first-order valence-electron chi connectivity index (χ1n) is 8.81. The van der Waals surface area contributed by atoms with E-state index in [9.17, 15) is 22.0 Å². The van der Waals surface area contributed by atoms with Gasteiger partial charge in [-0.15, -0.1) is 13.2 Å². The van der Waals surface area contributed by atoms with Gasteiger partial charge in [0.25, 0.3) is 0 Å². The summed E-state index contributed by atoms with van der Waals surface area (Å²) in [5, 5.41) is 0. The van der Waals surface area contributed by atoms with Crippen molar-refractivity contribution in [1.29, 1.82) is 0 Å². The highest BCUT2D eigenvalue weighted by molar-refractivity contribution is 5.49. The summed E-state index contributed by atoms with van der Waals surface area (Å²) in [6.45, 7) is 2.10. The molecular formula is C22H17F5O. The number of benzene rings is 2. The van der Waals surface area contributed by atoms with Crippen molar-refractivity contribution < 1.29 is 26.7 Å². The topological polar surface area (TPSA) is 9.23 Å². The number of hydrogen-bond donors (Lipinski definition) is 0. The Morgan fingerprint density at radius 3 is 2.46 bits per heavy atom. The van der Waals surface area contributed by atoms with E-state index in [0.717, 1.165) is 42.5 Å². The van der Waals surface area contributed by atoms with E-state index >= 15 is 0 Å². The minimum Gasteiger partial charge on any atom is -0.403 e. The van der Waals surface area contributed by atoms with E-state index in [2.05, 4.69) is 29.6 Å². The van der Waals surface area contributed by atoms with Crippen LogP contribution in [0.3, 0.4) is 0 Å². The molecule has 146 valence electrons. The van der Waals surface area contributed by atoms with Crippen molar-refractivity contribution in [2.24, 2.45) is 0 Å². The van der Waals surface area contributed by atoms with E-state index in [4.69, 9.17) is 0 Å². The first-order chi connectivity index (χ1) is 13.2. The van der Waals surface area contributed by atoms with Crippen LogP contribution in [0.2, 0.25) is 0 Å². The molecule has 0 radical (unpaired) electrons. The predicted molar refractivity (Wildman–Crippen MR) is 95.9 cm³/mol. The Balaban J connectivity index is 1.82. The van der Waals surface area contributed by atoms with Crippen LogP contribution in [0.25, 0.3) is 0 Å². The molecule has 0 aromatic heterocycles. The Labute approximate surface area is 159 Å². The van der Waals surface area contributed by atoms with Gasteiger partial charge in [-0.1, -0.05) is 36.8 Å². The summed E-state index contributed by atoms with van der Waals surface area (Å²) >= 11 is 0. The number of alkyl halides is 3. The molecule has 0 N–H and O–H groups in total. The second-order valence-electron chi connectivity index (χ2n) is 6.54. The Morgan fingerprint density at radius 2 is 1.79 bits per heavy atom. The van der Waals surface area contributed by atoms with Crippen LogP contribution in [0.4, 0.5) is 22.0 Å². The van der Waals surface area contributed by atoms with Crippen LogP contribution in [0.15, 0.2) is 42.0 Å². The number of hydrogen-bond acceptors (Lipinski definition) is 1. The molecular weight excluding hydrogens is 375 g/mol.